The van der Waals surface area contributed by atoms with Gasteiger partial charge in [-0.15, -0.1) is 0 Å². The Labute approximate surface area is 216 Å². The van der Waals surface area contributed by atoms with E-state index in [1.165, 1.54) is 49.1 Å². The van der Waals surface area contributed by atoms with E-state index in [0.717, 1.165) is 18.9 Å². The Balaban J connectivity index is 1.81. The Morgan fingerprint density at radius 3 is 2.51 bits per heavy atom. The lowest BCUT2D eigenvalue weighted by atomic mass is 9.96. The molecule has 1 amide bonds. The van der Waals surface area contributed by atoms with E-state index in [1.54, 1.807) is 12.1 Å². The number of carbonyl (C=O) groups excluding carboxylic acids is 2. The van der Waals surface area contributed by atoms with E-state index >= 15 is 4.39 Å². The number of aromatic nitrogens is 1. The first kappa shape index (κ1) is 26.1. The fourth-order valence-corrected chi connectivity index (χ4v) is 4.41. The number of amides is 1. The average molecular weight is 527 g/mol. The Morgan fingerprint density at radius 1 is 1.19 bits per heavy atom. The molecule has 1 aromatic heterocycles. The van der Waals surface area contributed by atoms with E-state index < -0.39 is 35.1 Å². The molecule has 37 heavy (non-hydrogen) atoms. The van der Waals surface area contributed by atoms with Crippen molar-refractivity contribution in [1.29, 1.82) is 0 Å². The fourth-order valence-electron chi connectivity index (χ4n) is 4.25. The second-order valence-electron chi connectivity index (χ2n) is 8.88. The highest BCUT2D eigenvalue weighted by Crippen LogP contribution is 2.39. The van der Waals surface area contributed by atoms with Crippen LogP contribution in [0, 0.1) is 11.7 Å². The van der Waals surface area contributed by atoms with Gasteiger partial charge in [0, 0.05) is 22.8 Å². The molecule has 1 saturated carbocycles. The number of rotatable bonds is 9. The number of carboxylic acids is 1. The molecule has 0 spiro atoms. The predicted molar refractivity (Wildman–Crippen MR) is 136 cm³/mol. The van der Waals surface area contributed by atoms with Gasteiger partial charge in [-0.2, -0.15) is 0 Å². The summed E-state index contributed by atoms with van der Waals surface area (Å²) in [7, 11) is 1.32. The summed E-state index contributed by atoms with van der Waals surface area (Å²) in [5.41, 5.74) is -0.735. The molecule has 1 heterocycles. The van der Waals surface area contributed by atoms with E-state index in [0.29, 0.717) is 6.42 Å². The zero-order chi connectivity index (χ0) is 26.9. The molecule has 192 valence electrons. The highest BCUT2D eigenvalue weighted by atomic mass is 35.5. The van der Waals surface area contributed by atoms with Crippen LogP contribution in [-0.4, -0.2) is 34.4 Å². The molecule has 2 aromatic carbocycles. The highest BCUT2D eigenvalue weighted by Gasteiger charge is 2.32. The van der Waals surface area contributed by atoms with E-state index in [1.807, 2.05) is 0 Å². The molecule has 3 aromatic rings. The van der Waals surface area contributed by atoms with E-state index in [4.69, 9.17) is 16.3 Å². The third-order valence-electron chi connectivity index (χ3n) is 6.31. The Bertz CT molecular complexity index is 1460. The minimum absolute atomic E-state index is 0.0231. The second-order valence-corrected chi connectivity index (χ2v) is 9.28. The lowest BCUT2D eigenvalue weighted by Crippen LogP contribution is -2.34. The van der Waals surface area contributed by atoms with Crippen molar-refractivity contribution in [2.75, 3.05) is 12.4 Å². The number of halogens is 2. The maximum absolute atomic E-state index is 15.1. The van der Waals surface area contributed by atoms with Gasteiger partial charge in [0.1, 0.15) is 17.6 Å². The van der Waals surface area contributed by atoms with Gasteiger partial charge in [0.2, 0.25) is 5.91 Å². The summed E-state index contributed by atoms with van der Waals surface area (Å²) < 4.78 is 21.8. The number of benzene rings is 2. The summed E-state index contributed by atoms with van der Waals surface area (Å²) >= 11 is 5.97. The number of carbonyl (C=O) groups is 3. The summed E-state index contributed by atoms with van der Waals surface area (Å²) in [4.78, 5) is 50.5. The van der Waals surface area contributed by atoms with Crippen LogP contribution in [0.4, 0.5) is 10.1 Å². The molecule has 1 atom stereocenters. The third kappa shape index (κ3) is 5.41. The van der Waals surface area contributed by atoms with Crippen molar-refractivity contribution < 1.29 is 28.6 Å². The quantitative estimate of drug-likeness (QED) is 0.370. The van der Waals surface area contributed by atoms with Crippen LogP contribution in [0.25, 0.3) is 11.1 Å². The van der Waals surface area contributed by atoms with Crippen molar-refractivity contribution in [2.24, 2.45) is 5.92 Å². The molecule has 0 bridgehead atoms. The SMILES string of the molecule is COc1cn(C(CC2CC2)C(=O)Nc2ccccc2C(=O)O)c(=O)cc1-c1c(C(C)=O)ccc(Cl)c1F. The molecule has 1 fully saturated rings. The van der Waals surface area contributed by atoms with Crippen molar-refractivity contribution >= 4 is 34.9 Å². The van der Waals surface area contributed by atoms with Crippen molar-refractivity contribution in [2.45, 2.75) is 32.2 Å². The smallest absolute Gasteiger partial charge is 0.337 e. The molecule has 1 unspecified atom stereocenters. The number of anilines is 1. The molecule has 0 aliphatic heterocycles. The molecule has 0 saturated heterocycles. The summed E-state index contributed by atoms with van der Waals surface area (Å²) in [6.07, 6.45) is 3.44. The van der Waals surface area contributed by atoms with Gasteiger partial charge in [-0.25, -0.2) is 9.18 Å². The topological polar surface area (TPSA) is 115 Å². The Hall–Kier alpha value is -3.98. The van der Waals surface area contributed by atoms with Gasteiger partial charge in [-0.05, 0) is 43.5 Å². The maximum atomic E-state index is 15.1. The molecule has 2 N–H and O–H groups in total. The van der Waals surface area contributed by atoms with Gasteiger partial charge in [0.25, 0.3) is 5.56 Å². The number of ketones is 1. The minimum atomic E-state index is -1.21. The van der Waals surface area contributed by atoms with Crippen LogP contribution in [0.2, 0.25) is 5.02 Å². The summed E-state index contributed by atoms with van der Waals surface area (Å²) in [6.45, 7) is 1.27. The number of nitrogens with zero attached hydrogens (tertiary/aromatic N) is 1. The van der Waals surface area contributed by atoms with Crippen LogP contribution in [0.15, 0.2) is 53.5 Å². The van der Waals surface area contributed by atoms with Gasteiger partial charge >= 0.3 is 5.97 Å². The van der Waals surface area contributed by atoms with E-state index in [9.17, 15) is 24.3 Å². The number of Topliss-reactive ketones (excluding diaryl/α,β-unsaturated/α-hetero) is 1. The van der Waals surface area contributed by atoms with Gasteiger partial charge in [0.15, 0.2) is 5.78 Å². The number of aromatic carboxylic acids is 1. The van der Waals surface area contributed by atoms with Crippen LogP contribution in [0.1, 0.15) is 52.9 Å². The second kappa shape index (κ2) is 10.6. The number of ether oxygens (including phenoxy) is 1. The zero-order valence-corrected chi connectivity index (χ0v) is 20.8. The first-order valence-electron chi connectivity index (χ1n) is 11.5. The summed E-state index contributed by atoms with van der Waals surface area (Å²) in [5, 5.41) is 11.9. The molecule has 0 radical (unpaired) electrons. The van der Waals surface area contributed by atoms with Crippen LogP contribution in [0.5, 0.6) is 5.75 Å². The van der Waals surface area contributed by atoms with Gasteiger partial charge in [0.05, 0.1) is 29.6 Å². The third-order valence-corrected chi connectivity index (χ3v) is 6.61. The zero-order valence-electron chi connectivity index (χ0n) is 20.1. The van der Waals surface area contributed by atoms with E-state index in [2.05, 4.69) is 5.32 Å². The van der Waals surface area contributed by atoms with Gasteiger partial charge in [-0.1, -0.05) is 36.6 Å². The molecular weight excluding hydrogens is 503 g/mol. The molecule has 1 aliphatic carbocycles. The van der Waals surface area contributed by atoms with Crippen LogP contribution in [0.3, 0.4) is 0 Å². The van der Waals surface area contributed by atoms with Crippen molar-refractivity contribution in [3.63, 3.8) is 0 Å². The number of hydrogen-bond donors (Lipinski definition) is 2. The first-order valence-corrected chi connectivity index (χ1v) is 11.9. The number of nitrogens with one attached hydrogen (secondary N) is 1. The van der Waals surface area contributed by atoms with Crippen molar-refractivity contribution in [3.05, 3.63) is 81.0 Å². The van der Waals surface area contributed by atoms with Crippen LogP contribution >= 0.6 is 11.6 Å². The van der Waals surface area contributed by atoms with Crippen molar-refractivity contribution in [3.8, 4) is 16.9 Å². The number of hydrogen-bond acceptors (Lipinski definition) is 5. The largest absolute Gasteiger partial charge is 0.495 e. The maximum Gasteiger partial charge on any atom is 0.337 e. The number of methoxy groups -OCH3 is 1. The molecule has 10 heteroatoms. The average Bonchev–Trinajstić information content (AvgIpc) is 3.68. The number of para-hydroxylation sites is 1. The predicted octanol–water partition coefficient (Wildman–Crippen LogP) is 5.20. The van der Waals surface area contributed by atoms with Gasteiger partial charge < -0.3 is 15.2 Å². The highest BCUT2D eigenvalue weighted by molar-refractivity contribution is 6.31. The summed E-state index contributed by atoms with van der Waals surface area (Å²) in [5.74, 6) is -2.80. The van der Waals surface area contributed by atoms with Crippen molar-refractivity contribution in [1.82, 2.24) is 4.57 Å². The normalized spacial score (nSPS) is 13.6. The standard InChI is InChI=1S/C27H24ClFN2O6/c1-14(32)16-9-10-19(28)25(29)24(16)18-12-23(33)31(13-22(18)37-2)21(11-15-7-8-15)26(34)30-20-6-4-3-5-17(20)27(35)36/h3-6,9-10,12-13,15,21H,7-8,11H2,1-2H3,(H,30,34)(H,35,36). The molecular formula is C27H24ClFN2O6. The Morgan fingerprint density at radius 2 is 1.89 bits per heavy atom. The molecule has 4 rings (SSSR count). The van der Waals surface area contributed by atoms with Gasteiger partial charge in [-0.3, -0.25) is 19.0 Å². The molecule has 8 nitrogen and oxygen atoms in total. The minimum Gasteiger partial charge on any atom is -0.495 e. The van der Waals surface area contributed by atoms with E-state index in [-0.39, 0.29) is 44.6 Å². The number of pyridine rings is 1. The summed E-state index contributed by atoms with van der Waals surface area (Å²) in [6, 6.07) is 8.72. The monoisotopic (exact) mass is 526 g/mol. The Kier molecular flexibility index (Phi) is 7.45. The number of carboxylic acid groups (broad SMARTS) is 1. The molecule has 1 aliphatic rings. The van der Waals surface area contributed by atoms with Crippen LogP contribution in [-0.2, 0) is 4.79 Å². The lowest BCUT2D eigenvalue weighted by molar-refractivity contribution is -0.119. The first-order chi connectivity index (χ1) is 17.6. The lowest BCUT2D eigenvalue weighted by Gasteiger charge is -2.22. The van der Waals surface area contributed by atoms with Crippen LogP contribution < -0.4 is 15.6 Å². The fraction of sp³-hybridized carbons (Fsp3) is 0.259.